The number of nitrogens with zero attached hydrogens (tertiary/aromatic N) is 7. The fourth-order valence-electron chi connectivity index (χ4n) is 5.72. The summed E-state index contributed by atoms with van der Waals surface area (Å²) < 4.78 is 28.3. The second-order valence-electron chi connectivity index (χ2n) is 10.8. The SMILES string of the molecule is CS(=O)(=O)Nc1ccc(Cl)cc1C(=O)N1CCCCC1c1cc2nc(N3CCC3)cc(N3CCNC(C#N)C3)n2n1. The lowest BCUT2D eigenvalue weighted by Crippen LogP contribution is -2.50. The fourth-order valence-corrected chi connectivity index (χ4v) is 6.47. The summed E-state index contributed by atoms with van der Waals surface area (Å²) in [6, 6.07) is 10.3. The molecular formula is C27H32ClN9O3S. The molecule has 3 fully saturated rings. The topological polar surface area (TPSA) is 139 Å². The van der Waals surface area contributed by atoms with Gasteiger partial charge in [-0.2, -0.15) is 14.9 Å². The highest BCUT2D eigenvalue weighted by atomic mass is 35.5. The quantitative estimate of drug-likeness (QED) is 0.439. The predicted molar refractivity (Wildman–Crippen MR) is 157 cm³/mol. The van der Waals surface area contributed by atoms with Gasteiger partial charge in [0.2, 0.25) is 10.0 Å². The summed E-state index contributed by atoms with van der Waals surface area (Å²) in [7, 11) is -3.61. The van der Waals surface area contributed by atoms with Crippen molar-refractivity contribution in [3.05, 3.63) is 46.6 Å². The molecule has 0 aliphatic carbocycles. The number of amides is 1. The first kappa shape index (κ1) is 27.6. The van der Waals surface area contributed by atoms with Crippen molar-refractivity contribution in [3.8, 4) is 6.07 Å². The maximum absolute atomic E-state index is 14.0. The highest BCUT2D eigenvalue weighted by Crippen LogP contribution is 2.35. The first-order valence-electron chi connectivity index (χ1n) is 13.8. The molecule has 1 aromatic carbocycles. The highest BCUT2D eigenvalue weighted by molar-refractivity contribution is 7.92. The van der Waals surface area contributed by atoms with Crippen LogP contribution in [0.3, 0.4) is 0 Å². The zero-order valence-electron chi connectivity index (χ0n) is 22.8. The van der Waals surface area contributed by atoms with Crippen LogP contribution in [0.15, 0.2) is 30.3 Å². The molecule has 0 saturated carbocycles. The Morgan fingerprint density at radius 1 is 1.12 bits per heavy atom. The standard InChI is InChI=1S/C27H32ClN9O3S/c1-41(39,40)33-21-7-6-18(28)13-20(21)27(38)36-11-3-2-5-23(36)22-14-25-31-24(34-9-4-10-34)15-26(37(25)32-22)35-12-8-30-19(16-29)17-35/h6-7,13-15,19,23,30,33H,2-5,8-12,17H2,1H3. The van der Waals surface area contributed by atoms with Crippen molar-refractivity contribution in [1.82, 2.24) is 24.8 Å². The summed E-state index contributed by atoms with van der Waals surface area (Å²) in [5.41, 5.74) is 1.79. The fraction of sp³-hybridized carbons (Fsp3) is 0.481. The molecule has 12 nitrogen and oxygen atoms in total. The number of nitrogens with one attached hydrogen (secondary N) is 2. The van der Waals surface area contributed by atoms with Crippen LogP contribution in [0, 0.1) is 11.3 Å². The minimum atomic E-state index is -3.61. The Kier molecular flexibility index (Phi) is 7.39. The minimum Gasteiger partial charge on any atom is -0.356 e. The van der Waals surface area contributed by atoms with Crippen molar-refractivity contribution >= 4 is 50.5 Å². The minimum absolute atomic E-state index is 0.190. The zero-order valence-corrected chi connectivity index (χ0v) is 24.3. The van der Waals surface area contributed by atoms with Crippen LogP contribution in [-0.4, -0.2) is 85.4 Å². The number of piperazine rings is 1. The van der Waals surface area contributed by atoms with Gasteiger partial charge in [0.1, 0.15) is 17.7 Å². The molecule has 0 spiro atoms. The molecule has 3 saturated heterocycles. The average Bonchev–Trinajstić information content (AvgIpc) is 3.36. The number of sulfonamides is 1. The van der Waals surface area contributed by atoms with E-state index in [1.165, 1.54) is 12.1 Å². The monoisotopic (exact) mass is 597 g/mol. The predicted octanol–water partition coefficient (Wildman–Crippen LogP) is 2.63. The highest BCUT2D eigenvalue weighted by Gasteiger charge is 2.33. The van der Waals surface area contributed by atoms with E-state index in [4.69, 9.17) is 21.7 Å². The van der Waals surface area contributed by atoms with Gasteiger partial charge in [-0.15, -0.1) is 0 Å². The van der Waals surface area contributed by atoms with Gasteiger partial charge in [-0.1, -0.05) is 11.6 Å². The summed E-state index contributed by atoms with van der Waals surface area (Å²) in [4.78, 5) is 25.0. The normalized spacial score (nSPS) is 21.4. The molecule has 3 aromatic rings. The van der Waals surface area contributed by atoms with Crippen LogP contribution >= 0.6 is 11.6 Å². The summed E-state index contributed by atoms with van der Waals surface area (Å²) >= 11 is 6.24. The number of hydrogen-bond acceptors (Lipinski definition) is 9. The smallest absolute Gasteiger partial charge is 0.256 e. The van der Waals surface area contributed by atoms with E-state index in [0.717, 1.165) is 62.5 Å². The summed E-state index contributed by atoms with van der Waals surface area (Å²) in [6.45, 7) is 4.33. The number of benzene rings is 1. The van der Waals surface area contributed by atoms with Crippen molar-refractivity contribution in [1.29, 1.82) is 5.26 Å². The average molecular weight is 598 g/mol. The number of hydrogen-bond donors (Lipinski definition) is 2. The number of carbonyl (C=O) groups excluding carboxylic acids is 1. The molecule has 1 amide bonds. The van der Waals surface area contributed by atoms with Gasteiger partial charge in [0.05, 0.1) is 35.3 Å². The van der Waals surface area contributed by atoms with Crippen molar-refractivity contribution in [2.75, 3.05) is 60.0 Å². The van der Waals surface area contributed by atoms with E-state index in [9.17, 15) is 18.5 Å². The van der Waals surface area contributed by atoms with E-state index >= 15 is 0 Å². The van der Waals surface area contributed by atoms with E-state index in [0.29, 0.717) is 36.7 Å². The number of piperidine rings is 1. The molecule has 5 heterocycles. The van der Waals surface area contributed by atoms with E-state index in [1.54, 1.807) is 11.0 Å². The van der Waals surface area contributed by atoms with Crippen LogP contribution in [0.4, 0.5) is 17.3 Å². The molecule has 14 heteroatoms. The second-order valence-corrected chi connectivity index (χ2v) is 13.0. The molecule has 2 atom stereocenters. The number of anilines is 3. The van der Waals surface area contributed by atoms with Gasteiger partial charge in [0.25, 0.3) is 5.91 Å². The molecule has 2 N–H and O–H groups in total. The van der Waals surface area contributed by atoms with Gasteiger partial charge in [0.15, 0.2) is 5.65 Å². The van der Waals surface area contributed by atoms with E-state index < -0.39 is 10.0 Å². The summed E-state index contributed by atoms with van der Waals surface area (Å²) in [5, 5.41) is 18.1. The lowest BCUT2D eigenvalue weighted by atomic mass is 9.98. The molecule has 3 aliphatic rings. The number of carbonyl (C=O) groups is 1. The lowest BCUT2D eigenvalue weighted by Gasteiger charge is -2.35. The summed E-state index contributed by atoms with van der Waals surface area (Å²) in [5.74, 6) is 1.44. The van der Waals surface area contributed by atoms with Gasteiger partial charge < -0.3 is 14.7 Å². The van der Waals surface area contributed by atoms with Crippen LogP contribution in [-0.2, 0) is 10.0 Å². The van der Waals surface area contributed by atoms with Crippen molar-refractivity contribution in [3.63, 3.8) is 0 Å². The Morgan fingerprint density at radius 2 is 1.95 bits per heavy atom. The Morgan fingerprint density at radius 3 is 2.68 bits per heavy atom. The Bertz CT molecular complexity index is 1630. The largest absolute Gasteiger partial charge is 0.356 e. The van der Waals surface area contributed by atoms with Crippen LogP contribution < -0.4 is 19.8 Å². The first-order valence-corrected chi connectivity index (χ1v) is 16.1. The number of nitriles is 1. The molecule has 216 valence electrons. The van der Waals surface area contributed by atoms with Crippen molar-refractivity contribution < 1.29 is 13.2 Å². The van der Waals surface area contributed by atoms with Gasteiger partial charge in [-0.25, -0.2) is 13.4 Å². The van der Waals surface area contributed by atoms with Crippen molar-refractivity contribution in [2.45, 2.75) is 37.8 Å². The van der Waals surface area contributed by atoms with Gasteiger partial charge in [0, 0.05) is 56.4 Å². The van der Waals surface area contributed by atoms with Gasteiger partial charge in [-0.05, 0) is 43.9 Å². The van der Waals surface area contributed by atoms with Gasteiger partial charge in [-0.3, -0.25) is 14.8 Å². The number of fused-ring (bicyclic) bond motifs is 1. The second kappa shape index (κ2) is 11.0. The maximum atomic E-state index is 14.0. The summed E-state index contributed by atoms with van der Waals surface area (Å²) in [6.07, 6.45) is 4.63. The number of likely N-dealkylation sites (tertiary alicyclic amines) is 1. The van der Waals surface area contributed by atoms with E-state index in [2.05, 4.69) is 25.9 Å². The third kappa shape index (κ3) is 5.64. The van der Waals surface area contributed by atoms with Crippen molar-refractivity contribution in [2.24, 2.45) is 0 Å². The molecule has 0 bridgehead atoms. The maximum Gasteiger partial charge on any atom is 0.256 e. The first-order chi connectivity index (χ1) is 19.7. The van der Waals surface area contributed by atoms with Crippen LogP contribution in [0.1, 0.15) is 47.8 Å². The molecule has 2 aromatic heterocycles. The molecule has 0 radical (unpaired) electrons. The molecule has 41 heavy (non-hydrogen) atoms. The van der Waals surface area contributed by atoms with Crippen LogP contribution in [0.25, 0.3) is 5.65 Å². The van der Waals surface area contributed by atoms with Crippen LogP contribution in [0.2, 0.25) is 5.02 Å². The zero-order chi connectivity index (χ0) is 28.7. The number of halogens is 1. The third-order valence-electron chi connectivity index (χ3n) is 7.86. The number of aromatic nitrogens is 3. The molecule has 3 aliphatic heterocycles. The lowest BCUT2D eigenvalue weighted by molar-refractivity contribution is 0.0607. The molecule has 6 rings (SSSR count). The van der Waals surface area contributed by atoms with Crippen LogP contribution in [0.5, 0.6) is 0 Å². The number of rotatable bonds is 6. The Hall–Kier alpha value is -3.60. The Balaban J connectivity index is 1.39. The molecule has 2 unspecified atom stereocenters. The van der Waals surface area contributed by atoms with Gasteiger partial charge >= 0.3 is 0 Å². The molecular weight excluding hydrogens is 566 g/mol. The third-order valence-corrected chi connectivity index (χ3v) is 8.69. The Labute approximate surface area is 243 Å². The van der Waals surface area contributed by atoms with E-state index in [-0.39, 0.29) is 29.2 Å². The van der Waals surface area contributed by atoms with E-state index in [1.807, 2.05) is 16.6 Å².